The molecule has 1 unspecified atom stereocenters. The van der Waals surface area contributed by atoms with Crippen LogP contribution in [0.5, 0.6) is 5.75 Å². The van der Waals surface area contributed by atoms with Crippen LogP contribution in [-0.2, 0) is 40.4 Å². The number of esters is 1. The van der Waals surface area contributed by atoms with Crippen molar-refractivity contribution in [2.45, 2.75) is 91.3 Å². The van der Waals surface area contributed by atoms with Crippen molar-refractivity contribution < 1.29 is 53.5 Å². The Kier molecular flexibility index (Phi) is 14.6. The third-order valence-electron chi connectivity index (χ3n) is 7.32. The van der Waals surface area contributed by atoms with Crippen LogP contribution in [0.4, 0.5) is 35.7 Å². The molecule has 0 bridgehead atoms. The van der Waals surface area contributed by atoms with E-state index in [1.165, 1.54) is 11.3 Å². The first-order valence-corrected chi connectivity index (χ1v) is 19.9. The number of nitrogens with one attached hydrogen (secondary N) is 1. The topological polar surface area (TPSA) is 112 Å². The number of ether oxygens (including phenoxy) is 3. The number of aryl methyl sites for hydroxylation is 2. The van der Waals surface area contributed by atoms with Gasteiger partial charge in [-0.1, -0.05) is 41.6 Å². The third kappa shape index (κ3) is 21.1. The Labute approximate surface area is 328 Å². The van der Waals surface area contributed by atoms with Crippen molar-refractivity contribution in [2.24, 2.45) is 0 Å². The molecule has 314 valence electrons. The summed E-state index contributed by atoms with van der Waals surface area (Å²) in [4.78, 5) is 27.4. The number of anilines is 1. The number of aromatic nitrogens is 4. The SMILES string of the molecule is CN(C)c1ccc(/C=C/c2cc[n+](CCCn3cc(COc4ccc(CC(NC(=O)OC(C)(C)C)C(=O)OC(C)(C)C)cc4)nn3)cc2)cc1.F[P-](F)(F)(F)(F)F. The molecule has 0 radical (unpaired) electrons. The van der Waals surface area contributed by atoms with Gasteiger partial charge >= 0.3 is 45.1 Å². The van der Waals surface area contributed by atoms with E-state index in [2.05, 4.69) is 86.0 Å². The summed E-state index contributed by atoms with van der Waals surface area (Å²) in [5.74, 6) is 0.114. The van der Waals surface area contributed by atoms with E-state index >= 15 is 0 Å². The monoisotopic (exact) mass is 828 g/mol. The minimum atomic E-state index is -10.7. The zero-order valence-electron chi connectivity index (χ0n) is 33.3. The van der Waals surface area contributed by atoms with Gasteiger partial charge in [-0.2, -0.15) is 0 Å². The molecule has 4 rings (SSSR count). The molecular weight excluding hydrogens is 777 g/mol. The number of pyridine rings is 1. The summed E-state index contributed by atoms with van der Waals surface area (Å²) < 4.78 is 80.0. The van der Waals surface area contributed by atoms with Gasteiger partial charge in [-0.3, -0.25) is 4.68 Å². The van der Waals surface area contributed by atoms with Gasteiger partial charge in [-0.15, -0.1) is 5.10 Å². The molecule has 57 heavy (non-hydrogen) atoms. The van der Waals surface area contributed by atoms with Crippen molar-refractivity contribution in [1.82, 2.24) is 20.3 Å². The fraction of sp³-hybridized carbons (Fsp3) is 0.410. The molecule has 2 aromatic heterocycles. The van der Waals surface area contributed by atoms with Gasteiger partial charge in [0, 0.05) is 51.3 Å². The number of halogens is 6. The summed E-state index contributed by atoms with van der Waals surface area (Å²) >= 11 is 0. The van der Waals surface area contributed by atoms with E-state index in [4.69, 9.17) is 14.2 Å². The molecule has 2 aromatic carbocycles. The van der Waals surface area contributed by atoms with Crippen molar-refractivity contribution in [1.29, 1.82) is 0 Å². The van der Waals surface area contributed by atoms with Crippen molar-refractivity contribution in [2.75, 3.05) is 19.0 Å². The second-order valence-corrected chi connectivity index (χ2v) is 17.3. The molecule has 0 aliphatic rings. The normalized spacial score (nSPS) is 13.7. The Morgan fingerprint density at radius 1 is 0.842 bits per heavy atom. The summed E-state index contributed by atoms with van der Waals surface area (Å²) in [6, 6.07) is 19.1. The molecular formula is C39H51F6N6O5P. The number of carbonyl (C=O) groups excluding carboxylic acids is 2. The van der Waals surface area contributed by atoms with Crippen LogP contribution in [0.25, 0.3) is 12.2 Å². The summed E-state index contributed by atoms with van der Waals surface area (Å²) in [5.41, 5.74) is 3.65. The number of nitrogens with zero attached hydrogens (tertiary/aromatic N) is 5. The van der Waals surface area contributed by atoms with E-state index in [1.54, 1.807) is 41.5 Å². The molecule has 0 aliphatic carbocycles. The van der Waals surface area contributed by atoms with Crippen LogP contribution in [0.15, 0.2) is 79.3 Å². The van der Waals surface area contributed by atoms with E-state index < -0.39 is 37.1 Å². The van der Waals surface area contributed by atoms with Gasteiger partial charge in [0.15, 0.2) is 12.4 Å². The van der Waals surface area contributed by atoms with E-state index in [0.717, 1.165) is 36.3 Å². The summed E-state index contributed by atoms with van der Waals surface area (Å²) in [6.07, 6.45) is 10.8. The molecule has 0 saturated carbocycles. The predicted octanol–water partition coefficient (Wildman–Crippen LogP) is 9.63. The molecule has 18 heteroatoms. The third-order valence-corrected chi connectivity index (χ3v) is 7.32. The first-order valence-electron chi connectivity index (χ1n) is 17.9. The van der Waals surface area contributed by atoms with Crippen molar-refractivity contribution in [3.8, 4) is 5.75 Å². The first-order chi connectivity index (χ1) is 26.1. The van der Waals surface area contributed by atoms with E-state index in [-0.39, 0.29) is 13.0 Å². The number of rotatable bonds is 14. The fourth-order valence-corrected chi connectivity index (χ4v) is 4.87. The van der Waals surface area contributed by atoms with Crippen LogP contribution in [-0.4, -0.2) is 58.4 Å². The number of carbonyl (C=O) groups is 2. The van der Waals surface area contributed by atoms with E-state index in [1.807, 2.05) is 49.2 Å². The van der Waals surface area contributed by atoms with Crippen LogP contribution in [0.1, 0.15) is 70.3 Å². The maximum absolute atomic E-state index is 12.9. The quantitative estimate of drug-likeness (QED) is 0.0579. The standard InChI is InChI=1S/C39H50N6O5.F6P/c1-38(2,3)49-36(46)35(40-37(47)50-39(4,5)6)26-31-14-18-34(19-15-31)48-28-32-27-45(42-41-32)23-9-22-44-24-20-30(21-25-44)11-10-29-12-16-33(17-13-29)43(7)8;1-7(2,3,4,5)6/h10-21,24-25,27,35H,9,22-23,26,28H2,1-8H3;/q;-1/p+1. The molecule has 1 N–H and O–H groups in total. The molecule has 11 nitrogen and oxygen atoms in total. The molecule has 1 atom stereocenters. The first kappa shape index (κ1) is 46.2. The minimum absolute atomic E-state index is 0.231. The molecule has 1 amide bonds. The average molecular weight is 829 g/mol. The Morgan fingerprint density at radius 2 is 1.39 bits per heavy atom. The van der Waals surface area contributed by atoms with Crippen LogP contribution >= 0.6 is 7.81 Å². The Hall–Kier alpha value is -5.18. The van der Waals surface area contributed by atoms with Gasteiger partial charge in [-0.05, 0) is 82.5 Å². The summed E-state index contributed by atoms with van der Waals surface area (Å²) in [7, 11) is -6.58. The number of alkyl carbamates (subject to hydrolysis) is 1. The molecule has 0 aliphatic heterocycles. The second-order valence-electron chi connectivity index (χ2n) is 15.3. The number of benzene rings is 2. The van der Waals surface area contributed by atoms with Gasteiger partial charge in [0.2, 0.25) is 0 Å². The van der Waals surface area contributed by atoms with E-state index in [0.29, 0.717) is 5.75 Å². The maximum atomic E-state index is 12.9. The molecule has 0 fully saturated rings. The van der Waals surface area contributed by atoms with Crippen LogP contribution in [0, 0.1) is 0 Å². The van der Waals surface area contributed by atoms with Crippen LogP contribution < -0.4 is 19.5 Å². The van der Waals surface area contributed by atoms with Gasteiger partial charge in [-0.25, -0.2) is 14.2 Å². The number of amides is 1. The predicted molar refractivity (Wildman–Crippen MR) is 208 cm³/mol. The molecule has 2 heterocycles. The Morgan fingerprint density at radius 3 is 1.91 bits per heavy atom. The second kappa shape index (κ2) is 18.0. The number of hydrogen-bond acceptors (Lipinski definition) is 8. The van der Waals surface area contributed by atoms with E-state index in [9.17, 15) is 34.8 Å². The van der Waals surface area contributed by atoms with Crippen LogP contribution in [0.2, 0.25) is 0 Å². The summed E-state index contributed by atoms with van der Waals surface area (Å²) in [6.45, 7) is 12.5. The fourth-order valence-electron chi connectivity index (χ4n) is 4.87. The molecule has 0 spiro atoms. The van der Waals surface area contributed by atoms with Gasteiger partial charge in [0.1, 0.15) is 41.8 Å². The zero-order valence-corrected chi connectivity index (χ0v) is 34.2. The van der Waals surface area contributed by atoms with Crippen molar-refractivity contribution in [3.05, 3.63) is 102 Å². The molecule has 4 aromatic rings. The number of hydrogen-bond donors (Lipinski definition) is 1. The van der Waals surface area contributed by atoms with Crippen LogP contribution in [0.3, 0.4) is 0 Å². The molecule has 0 saturated heterocycles. The Bertz CT molecular complexity index is 1930. The zero-order chi connectivity index (χ0) is 42.7. The Balaban J connectivity index is 0.00000113. The summed E-state index contributed by atoms with van der Waals surface area (Å²) in [5, 5.41) is 11.2. The van der Waals surface area contributed by atoms with Gasteiger partial charge < -0.3 is 24.4 Å². The average Bonchev–Trinajstić information content (AvgIpc) is 3.52. The van der Waals surface area contributed by atoms with Gasteiger partial charge in [0.05, 0.1) is 6.20 Å². The van der Waals surface area contributed by atoms with Crippen molar-refractivity contribution >= 4 is 37.7 Å². The van der Waals surface area contributed by atoms with Gasteiger partial charge in [0.25, 0.3) is 0 Å². The van der Waals surface area contributed by atoms with Crippen molar-refractivity contribution in [3.63, 3.8) is 0 Å².